The maximum atomic E-state index is 11.7. The van der Waals surface area contributed by atoms with Crippen molar-refractivity contribution in [1.82, 2.24) is 0 Å². The second-order valence-electron chi connectivity index (χ2n) is 3.70. The predicted octanol–water partition coefficient (Wildman–Crippen LogP) is 4.58. The highest BCUT2D eigenvalue weighted by Crippen LogP contribution is 2.21. The molecule has 0 atom stereocenters. The Bertz CT molecular complexity index is 584. The summed E-state index contributed by atoms with van der Waals surface area (Å²) < 4.78 is 0. The van der Waals surface area contributed by atoms with E-state index in [0.717, 1.165) is 4.90 Å². The van der Waals surface area contributed by atoms with Gasteiger partial charge in [-0.2, -0.15) is 0 Å². The Balaban J connectivity index is 1.90. The fourth-order valence-electron chi connectivity index (χ4n) is 1.41. The molecule has 0 aliphatic rings. The third-order valence-electron chi connectivity index (χ3n) is 2.30. The molecule has 19 heavy (non-hydrogen) atoms. The van der Waals surface area contributed by atoms with Crippen molar-refractivity contribution in [2.45, 2.75) is 4.90 Å². The van der Waals surface area contributed by atoms with Crippen LogP contribution in [0, 0.1) is 0 Å². The van der Waals surface area contributed by atoms with Crippen molar-refractivity contribution in [3.05, 3.63) is 71.1 Å². The summed E-state index contributed by atoms with van der Waals surface area (Å²) in [5.74, 6) is -0.198. The van der Waals surface area contributed by atoms with Crippen molar-refractivity contribution >= 4 is 35.0 Å². The molecule has 2 nitrogen and oxygen atoms in total. The lowest BCUT2D eigenvalue weighted by atomic mass is 10.3. The number of halogens is 1. The standard InChI is InChI=1S/C15H12ClNOS/c16-13-8-4-5-9-14(13)17-15(18)10-11-19-12-6-2-1-3-7-12/h1-11H,(H,17,18)/b11-10+. The lowest BCUT2D eigenvalue weighted by Crippen LogP contribution is -2.07. The first-order chi connectivity index (χ1) is 9.25. The van der Waals surface area contributed by atoms with E-state index in [0.29, 0.717) is 10.7 Å². The van der Waals surface area contributed by atoms with Crippen LogP contribution in [0.5, 0.6) is 0 Å². The zero-order chi connectivity index (χ0) is 13.5. The molecule has 0 saturated carbocycles. The van der Waals surface area contributed by atoms with Gasteiger partial charge in [0.25, 0.3) is 0 Å². The average molecular weight is 290 g/mol. The molecule has 0 fully saturated rings. The molecule has 0 aromatic heterocycles. The molecule has 2 rings (SSSR count). The van der Waals surface area contributed by atoms with Crippen LogP contribution in [-0.4, -0.2) is 5.91 Å². The minimum atomic E-state index is -0.198. The van der Waals surface area contributed by atoms with E-state index in [2.05, 4.69) is 5.32 Å². The van der Waals surface area contributed by atoms with E-state index in [9.17, 15) is 4.79 Å². The summed E-state index contributed by atoms with van der Waals surface area (Å²) in [6.07, 6.45) is 1.49. The molecule has 0 aliphatic carbocycles. The largest absolute Gasteiger partial charge is 0.321 e. The molecular formula is C15H12ClNOS. The van der Waals surface area contributed by atoms with E-state index in [4.69, 9.17) is 11.6 Å². The number of carbonyl (C=O) groups excluding carboxylic acids is 1. The molecule has 2 aromatic carbocycles. The van der Waals surface area contributed by atoms with Gasteiger partial charge < -0.3 is 5.32 Å². The highest BCUT2D eigenvalue weighted by molar-refractivity contribution is 8.02. The third-order valence-corrected chi connectivity index (χ3v) is 3.44. The fourth-order valence-corrected chi connectivity index (χ4v) is 2.26. The molecule has 0 spiro atoms. The minimum absolute atomic E-state index is 0.198. The molecule has 0 radical (unpaired) electrons. The van der Waals surface area contributed by atoms with E-state index >= 15 is 0 Å². The summed E-state index contributed by atoms with van der Waals surface area (Å²) in [5, 5.41) is 5.00. The SMILES string of the molecule is O=C(/C=C/Sc1ccccc1)Nc1ccccc1Cl. The molecule has 2 aromatic rings. The molecule has 0 bridgehead atoms. The van der Waals surface area contributed by atoms with Crippen molar-refractivity contribution in [3.8, 4) is 0 Å². The molecule has 1 amide bonds. The van der Waals surface area contributed by atoms with Crippen LogP contribution >= 0.6 is 23.4 Å². The Hall–Kier alpha value is -1.71. The predicted molar refractivity (Wildman–Crippen MR) is 81.5 cm³/mol. The third kappa shape index (κ3) is 4.47. The van der Waals surface area contributed by atoms with E-state index in [1.54, 1.807) is 17.5 Å². The number of amides is 1. The van der Waals surface area contributed by atoms with Gasteiger partial charge in [0.2, 0.25) is 5.91 Å². The van der Waals surface area contributed by atoms with E-state index in [1.165, 1.54) is 17.8 Å². The number of rotatable bonds is 4. The Kier molecular flexibility index (Phi) is 5.07. The monoisotopic (exact) mass is 289 g/mol. The summed E-state index contributed by atoms with van der Waals surface area (Å²) in [6.45, 7) is 0. The van der Waals surface area contributed by atoms with Gasteiger partial charge in [0, 0.05) is 11.0 Å². The quantitative estimate of drug-likeness (QED) is 0.659. The van der Waals surface area contributed by atoms with Crippen LogP contribution in [0.3, 0.4) is 0 Å². The summed E-state index contributed by atoms with van der Waals surface area (Å²) in [6, 6.07) is 17.0. The first-order valence-electron chi connectivity index (χ1n) is 5.69. The molecule has 0 aliphatic heterocycles. The number of thioether (sulfide) groups is 1. The number of carbonyl (C=O) groups is 1. The van der Waals surface area contributed by atoms with Gasteiger partial charge in [0.15, 0.2) is 0 Å². The first-order valence-corrected chi connectivity index (χ1v) is 6.95. The van der Waals surface area contributed by atoms with Crippen molar-refractivity contribution < 1.29 is 4.79 Å². The Morgan fingerprint density at radius 2 is 1.74 bits per heavy atom. The Morgan fingerprint density at radius 3 is 2.47 bits per heavy atom. The summed E-state index contributed by atoms with van der Waals surface area (Å²) in [5.41, 5.74) is 0.614. The Morgan fingerprint density at radius 1 is 1.05 bits per heavy atom. The molecule has 0 heterocycles. The van der Waals surface area contributed by atoms with Crippen molar-refractivity contribution in [1.29, 1.82) is 0 Å². The van der Waals surface area contributed by atoms with Crippen LogP contribution in [0.2, 0.25) is 5.02 Å². The first kappa shape index (κ1) is 13.7. The molecule has 0 saturated heterocycles. The van der Waals surface area contributed by atoms with Crippen molar-refractivity contribution in [2.24, 2.45) is 0 Å². The van der Waals surface area contributed by atoms with E-state index < -0.39 is 0 Å². The van der Waals surface area contributed by atoms with Crippen LogP contribution in [0.4, 0.5) is 5.69 Å². The lowest BCUT2D eigenvalue weighted by Gasteiger charge is -2.03. The van der Waals surface area contributed by atoms with Gasteiger partial charge >= 0.3 is 0 Å². The highest BCUT2D eigenvalue weighted by Gasteiger charge is 2.01. The number of para-hydroxylation sites is 1. The van der Waals surface area contributed by atoms with Gasteiger partial charge in [-0.3, -0.25) is 4.79 Å². The van der Waals surface area contributed by atoms with E-state index in [-0.39, 0.29) is 5.91 Å². The van der Waals surface area contributed by atoms with E-state index in [1.807, 2.05) is 42.5 Å². The van der Waals surface area contributed by atoms with Crippen LogP contribution in [0.25, 0.3) is 0 Å². The van der Waals surface area contributed by atoms with Crippen LogP contribution in [-0.2, 0) is 4.79 Å². The maximum Gasteiger partial charge on any atom is 0.248 e. The van der Waals surface area contributed by atoms with Gasteiger partial charge in [0.05, 0.1) is 10.7 Å². The summed E-state index contributed by atoms with van der Waals surface area (Å²) in [4.78, 5) is 12.8. The highest BCUT2D eigenvalue weighted by atomic mass is 35.5. The second-order valence-corrected chi connectivity index (χ2v) is 5.09. The number of nitrogens with one attached hydrogen (secondary N) is 1. The maximum absolute atomic E-state index is 11.7. The van der Waals surface area contributed by atoms with Gasteiger partial charge in [-0.05, 0) is 29.7 Å². The zero-order valence-electron chi connectivity index (χ0n) is 10.0. The number of benzene rings is 2. The molecule has 1 N–H and O–H groups in total. The van der Waals surface area contributed by atoms with Crippen molar-refractivity contribution in [2.75, 3.05) is 5.32 Å². The molecule has 96 valence electrons. The second kappa shape index (κ2) is 7.02. The molecule has 0 unspecified atom stereocenters. The Labute approximate surface area is 121 Å². The van der Waals surface area contributed by atoms with Crippen molar-refractivity contribution in [3.63, 3.8) is 0 Å². The molecule has 4 heteroatoms. The lowest BCUT2D eigenvalue weighted by molar-refractivity contribution is -0.111. The van der Waals surface area contributed by atoms with Crippen LogP contribution in [0.1, 0.15) is 0 Å². The average Bonchev–Trinajstić information content (AvgIpc) is 2.43. The van der Waals surface area contributed by atoms with Gasteiger partial charge in [-0.1, -0.05) is 53.7 Å². The van der Waals surface area contributed by atoms with Crippen LogP contribution in [0.15, 0.2) is 71.0 Å². The summed E-state index contributed by atoms with van der Waals surface area (Å²) in [7, 11) is 0. The number of hydrogen-bond acceptors (Lipinski definition) is 2. The van der Waals surface area contributed by atoms with Gasteiger partial charge in [-0.15, -0.1) is 0 Å². The topological polar surface area (TPSA) is 29.1 Å². The van der Waals surface area contributed by atoms with Gasteiger partial charge in [-0.25, -0.2) is 0 Å². The van der Waals surface area contributed by atoms with Gasteiger partial charge in [0.1, 0.15) is 0 Å². The van der Waals surface area contributed by atoms with Crippen LogP contribution < -0.4 is 5.32 Å². The smallest absolute Gasteiger partial charge is 0.248 e. The summed E-state index contributed by atoms with van der Waals surface area (Å²) >= 11 is 7.44. The number of hydrogen-bond donors (Lipinski definition) is 1. The fraction of sp³-hybridized carbons (Fsp3) is 0. The molecular weight excluding hydrogens is 278 g/mol. The normalized spacial score (nSPS) is 10.6. The number of anilines is 1. The zero-order valence-corrected chi connectivity index (χ0v) is 11.6. The minimum Gasteiger partial charge on any atom is -0.321 e.